The molecule has 1 aromatic carbocycles. The number of hydrogen-bond donors (Lipinski definition) is 5. The average Bonchev–Trinajstić information content (AvgIpc) is 3.27. The van der Waals surface area contributed by atoms with Gasteiger partial charge >= 0.3 is 7.82 Å². The van der Waals surface area contributed by atoms with Crippen molar-refractivity contribution in [1.82, 2.24) is 19.5 Å². The van der Waals surface area contributed by atoms with Gasteiger partial charge in [0.05, 0.1) is 12.9 Å². The zero-order chi connectivity index (χ0) is 21.3. The molecule has 13 heteroatoms. The molecule has 5 N–H and O–H groups in total. The van der Waals surface area contributed by atoms with Crippen molar-refractivity contribution < 1.29 is 33.8 Å². The van der Waals surface area contributed by atoms with E-state index in [1.165, 1.54) is 17.2 Å². The van der Waals surface area contributed by atoms with Gasteiger partial charge in [0.1, 0.15) is 24.6 Å². The number of benzene rings is 1. The summed E-state index contributed by atoms with van der Waals surface area (Å²) in [6.45, 7) is -0.0760. The van der Waals surface area contributed by atoms with Gasteiger partial charge in [-0.3, -0.25) is 9.09 Å². The Kier molecular flexibility index (Phi) is 5.80. The first-order chi connectivity index (χ1) is 14.3. The Morgan fingerprint density at radius 2 is 1.90 bits per heavy atom. The number of ether oxygens (including phenoxy) is 1. The zero-order valence-electron chi connectivity index (χ0n) is 15.5. The molecule has 160 valence electrons. The molecule has 1 aliphatic rings. The molecule has 0 unspecified atom stereocenters. The monoisotopic (exact) mass is 437 g/mol. The van der Waals surface area contributed by atoms with Gasteiger partial charge in [0.15, 0.2) is 23.2 Å². The van der Waals surface area contributed by atoms with Gasteiger partial charge in [-0.15, -0.1) is 0 Å². The van der Waals surface area contributed by atoms with Gasteiger partial charge < -0.3 is 30.1 Å². The number of imidazole rings is 1. The van der Waals surface area contributed by atoms with Crippen LogP contribution >= 0.6 is 7.82 Å². The molecule has 1 saturated heterocycles. The van der Waals surface area contributed by atoms with Crippen LogP contribution in [0.25, 0.3) is 11.2 Å². The molecule has 0 saturated carbocycles. The fourth-order valence-corrected chi connectivity index (χ4v) is 3.56. The lowest BCUT2D eigenvalue weighted by molar-refractivity contribution is -0.0504. The van der Waals surface area contributed by atoms with E-state index >= 15 is 0 Å². The smallest absolute Gasteiger partial charge is 0.387 e. The first-order valence-corrected chi connectivity index (χ1v) is 10.5. The van der Waals surface area contributed by atoms with Crippen molar-refractivity contribution in [3.8, 4) is 0 Å². The van der Waals surface area contributed by atoms with Crippen molar-refractivity contribution in [2.24, 2.45) is 0 Å². The lowest BCUT2D eigenvalue weighted by atomic mass is 10.1. The van der Waals surface area contributed by atoms with Crippen LogP contribution in [0.5, 0.6) is 0 Å². The van der Waals surface area contributed by atoms with E-state index in [9.17, 15) is 14.8 Å². The topological polar surface area (TPSA) is 172 Å². The van der Waals surface area contributed by atoms with Crippen molar-refractivity contribution in [3.05, 3.63) is 48.5 Å². The number of aliphatic hydroxyl groups excluding tert-OH is 2. The van der Waals surface area contributed by atoms with Gasteiger partial charge in [-0.05, 0) is 5.56 Å². The summed E-state index contributed by atoms with van der Waals surface area (Å²) < 4.78 is 22.3. The van der Waals surface area contributed by atoms with Gasteiger partial charge in [-0.2, -0.15) is 0 Å². The van der Waals surface area contributed by atoms with E-state index < -0.39 is 39.0 Å². The predicted molar refractivity (Wildman–Crippen MR) is 103 cm³/mol. The predicted octanol–water partition coefficient (Wildman–Crippen LogP) is 0.167. The lowest BCUT2D eigenvalue weighted by Crippen LogP contribution is -2.33. The summed E-state index contributed by atoms with van der Waals surface area (Å²) in [7, 11) is -4.74. The standard InChI is InChI=1S/C17H20N5O7P/c23-13-11(7-28-30(25,26)27)29-17(14(13)24)22-9-21-12-15(19-8-20-16(12)22)18-6-10-4-2-1-3-5-10/h1-5,8-9,11,13-14,17,23-24H,6-7H2,(H,18,19,20)(H2,25,26,27)/t11-,13-,14-,17+/m0/s1. The highest BCUT2D eigenvalue weighted by Gasteiger charge is 2.45. The van der Waals surface area contributed by atoms with Gasteiger partial charge in [-0.25, -0.2) is 19.5 Å². The molecule has 0 aliphatic carbocycles. The Bertz CT molecular complexity index is 1060. The summed E-state index contributed by atoms with van der Waals surface area (Å²) in [5.41, 5.74) is 1.84. The van der Waals surface area contributed by atoms with E-state index in [2.05, 4.69) is 24.8 Å². The Labute approximate surface area is 170 Å². The van der Waals surface area contributed by atoms with Crippen LogP contribution in [0.3, 0.4) is 0 Å². The van der Waals surface area contributed by atoms with Crippen LogP contribution < -0.4 is 5.32 Å². The normalized spacial score (nSPS) is 24.4. The molecule has 2 aromatic heterocycles. The first-order valence-electron chi connectivity index (χ1n) is 9.00. The van der Waals surface area contributed by atoms with Crippen molar-refractivity contribution in [2.45, 2.75) is 31.1 Å². The number of aromatic nitrogens is 4. The molecule has 1 aliphatic heterocycles. The summed E-state index contributed by atoms with van der Waals surface area (Å²) in [5.74, 6) is 0.483. The maximum absolute atomic E-state index is 10.9. The second-order valence-electron chi connectivity index (χ2n) is 6.72. The quantitative estimate of drug-likeness (QED) is 0.319. The molecular weight excluding hydrogens is 417 g/mol. The first kappa shape index (κ1) is 20.8. The summed E-state index contributed by atoms with van der Waals surface area (Å²) in [6.07, 6.45) is -2.31. The fraction of sp³-hybridized carbons (Fsp3) is 0.353. The summed E-state index contributed by atoms with van der Waals surface area (Å²) in [4.78, 5) is 30.4. The maximum atomic E-state index is 10.9. The summed E-state index contributed by atoms with van der Waals surface area (Å²) in [5, 5.41) is 23.7. The number of rotatable bonds is 7. The van der Waals surface area contributed by atoms with Crippen LogP contribution in [0.4, 0.5) is 5.82 Å². The Morgan fingerprint density at radius 3 is 2.63 bits per heavy atom. The number of hydrogen-bond acceptors (Lipinski definition) is 9. The Morgan fingerprint density at radius 1 is 1.13 bits per heavy atom. The van der Waals surface area contributed by atoms with Crippen molar-refractivity contribution in [2.75, 3.05) is 11.9 Å². The molecule has 12 nitrogen and oxygen atoms in total. The molecule has 0 spiro atoms. The molecular formula is C17H20N5O7P. The highest BCUT2D eigenvalue weighted by atomic mass is 31.2. The van der Waals surface area contributed by atoms with Crippen LogP contribution in [0.2, 0.25) is 0 Å². The largest absolute Gasteiger partial charge is 0.469 e. The molecule has 3 heterocycles. The Hall–Kier alpha value is -2.44. The van der Waals surface area contributed by atoms with Crippen LogP contribution in [0.15, 0.2) is 43.0 Å². The number of nitrogens with one attached hydrogen (secondary N) is 1. The molecule has 4 rings (SSSR count). The summed E-state index contributed by atoms with van der Waals surface area (Å²) >= 11 is 0. The van der Waals surface area contributed by atoms with Crippen LogP contribution in [-0.2, 0) is 20.4 Å². The minimum atomic E-state index is -4.74. The third-order valence-corrected chi connectivity index (χ3v) is 5.17. The highest BCUT2D eigenvalue weighted by Crippen LogP contribution is 2.38. The van der Waals surface area contributed by atoms with Crippen molar-refractivity contribution in [3.63, 3.8) is 0 Å². The van der Waals surface area contributed by atoms with Crippen molar-refractivity contribution >= 4 is 24.8 Å². The minimum Gasteiger partial charge on any atom is -0.387 e. The number of nitrogens with zero attached hydrogens (tertiary/aromatic N) is 4. The molecule has 3 aromatic rings. The van der Waals surface area contributed by atoms with Crippen LogP contribution in [0.1, 0.15) is 11.8 Å². The zero-order valence-corrected chi connectivity index (χ0v) is 16.4. The molecule has 30 heavy (non-hydrogen) atoms. The number of aliphatic hydroxyl groups is 2. The van der Waals surface area contributed by atoms with E-state index in [0.29, 0.717) is 23.5 Å². The fourth-order valence-electron chi connectivity index (χ4n) is 3.22. The molecule has 0 radical (unpaired) electrons. The van der Waals surface area contributed by atoms with Gasteiger partial charge in [0.2, 0.25) is 0 Å². The second-order valence-corrected chi connectivity index (χ2v) is 7.96. The lowest BCUT2D eigenvalue weighted by Gasteiger charge is -2.16. The molecule has 4 atom stereocenters. The number of phosphoric acid groups is 1. The van der Waals surface area contributed by atoms with Gasteiger partial charge in [-0.1, -0.05) is 30.3 Å². The third-order valence-electron chi connectivity index (χ3n) is 4.68. The van der Waals surface area contributed by atoms with E-state index in [4.69, 9.17) is 14.5 Å². The van der Waals surface area contributed by atoms with Crippen LogP contribution in [-0.4, -0.2) is 64.4 Å². The van der Waals surface area contributed by atoms with E-state index in [-0.39, 0.29) is 0 Å². The van der Waals surface area contributed by atoms with Crippen molar-refractivity contribution in [1.29, 1.82) is 0 Å². The third kappa shape index (κ3) is 4.35. The number of phosphoric ester groups is 1. The van der Waals surface area contributed by atoms with E-state index in [0.717, 1.165) is 5.56 Å². The minimum absolute atomic E-state index is 0.355. The van der Waals surface area contributed by atoms with Crippen LogP contribution in [0, 0.1) is 0 Å². The highest BCUT2D eigenvalue weighted by molar-refractivity contribution is 7.46. The SMILES string of the molecule is O=P(O)(O)OC[C@@H]1O[C@@H](n2cnc3c(NCc4ccccc4)ncnc32)[C@@H](O)[C@H]1O. The maximum Gasteiger partial charge on any atom is 0.469 e. The van der Waals surface area contributed by atoms with Gasteiger partial charge in [0.25, 0.3) is 0 Å². The van der Waals surface area contributed by atoms with E-state index in [1.54, 1.807) is 0 Å². The second kappa shape index (κ2) is 8.36. The molecule has 0 amide bonds. The number of fused-ring (bicyclic) bond motifs is 1. The van der Waals surface area contributed by atoms with Gasteiger partial charge in [0, 0.05) is 6.54 Å². The summed E-state index contributed by atoms with van der Waals surface area (Å²) in [6, 6.07) is 9.71. The Balaban J connectivity index is 1.54. The molecule has 0 bridgehead atoms. The average molecular weight is 437 g/mol. The van der Waals surface area contributed by atoms with E-state index in [1.807, 2.05) is 30.3 Å². The number of anilines is 1. The molecule has 1 fully saturated rings.